The van der Waals surface area contributed by atoms with Gasteiger partial charge in [0.15, 0.2) is 0 Å². The molecule has 6 heteroatoms. The van der Waals surface area contributed by atoms with E-state index in [0.717, 1.165) is 12.1 Å². The van der Waals surface area contributed by atoms with Crippen LogP contribution in [0.3, 0.4) is 0 Å². The van der Waals surface area contributed by atoms with Gasteiger partial charge in [0.2, 0.25) is 0 Å². The molecule has 0 heterocycles. The predicted octanol–water partition coefficient (Wildman–Crippen LogP) is 4.70. The fourth-order valence-electron chi connectivity index (χ4n) is 1.43. The van der Waals surface area contributed by atoms with E-state index in [2.05, 4.69) is 11.9 Å². The summed E-state index contributed by atoms with van der Waals surface area (Å²) < 4.78 is 43.1. The number of alkyl halides is 3. The quantitative estimate of drug-likeness (QED) is 0.856. The number of rotatable bonds is 2. The smallest absolute Gasteiger partial charge is 0.416 e. The third kappa shape index (κ3) is 4.95. The Bertz CT molecular complexity index is 516. The number of ether oxygens (including phenoxy) is 1. The molecule has 0 unspecified atom stereocenters. The van der Waals surface area contributed by atoms with Crippen LogP contribution in [0, 0.1) is 0 Å². The van der Waals surface area contributed by atoms with Crippen molar-refractivity contribution in [3.05, 3.63) is 35.9 Å². The van der Waals surface area contributed by atoms with Crippen molar-refractivity contribution in [3.63, 3.8) is 0 Å². The van der Waals surface area contributed by atoms with Crippen LogP contribution in [0.15, 0.2) is 24.8 Å². The average molecular weight is 287 g/mol. The van der Waals surface area contributed by atoms with E-state index in [-0.39, 0.29) is 11.3 Å². The highest BCUT2D eigenvalue weighted by Gasteiger charge is 2.31. The highest BCUT2D eigenvalue weighted by Crippen LogP contribution is 2.32. The molecule has 20 heavy (non-hydrogen) atoms. The molecule has 1 N–H and O–H groups in total. The van der Waals surface area contributed by atoms with E-state index in [1.807, 2.05) is 0 Å². The summed E-state index contributed by atoms with van der Waals surface area (Å²) in [6.07, 6.45) is -4.04. The minimum absolute atomic E-state index is 0.00368. The molecule has 0 fully saturated rings. The molecule has 1 aromatic carbocycles. The van der Waals surface area contributed by atoms with Gasteiger partial charge in [0, 0.05) is 5.69 Å². The lowest BCUT2D eigenvalue weighted by Gasteiger charge is -2.20. The van der Waals surface area contributed by atoms with Crippen molar-refractivity contribution in [2.75, 3.05) is 5.32 Å². The van der Waals surface area contributed by atoms with Crippen LogP contribution >= 0.6 is 0 Å². The highest BCUT2D eigenvalue weighted by atomic mass is 19.4. The topological polar surface area (TPSA) is 38.3 Å². The first-order valence-corrected chi connectivity index (χ1v) is 5.86. The van der Waals surface area contributed by atoms with E-state index < -0.39 is 23.4 Å². The van der Waals surface area contributed by atoms with E-state index in [1.165, 1.54) is 12.1 Å². The van der Waals surface area contributed by atoms with Gasteiger partial charge in [-0.15, -0.1) is 0 Å². The summed E-state index contributed by atoms with van der Waals surface area (Å²) in [4.78, 5) is 11.5. The Labute approximate surface area is 115 Å². The van der Waals surface area contributed by atoms with Crippen LogP contribution in [0.2, 0.25) is 0 Å². The Balaban J connectivity index is 3.01. The molecule has 1 amide bonds. The molecular weight excluding hydrogens is 271 g/mol. The molecule has 0 saturated heterocycles. The molecule has 110 valence electrons. The molecule has 0 atom stereocenters. The summed E-state index contributed by atoms with van der Waals surface area (Å²) >= 11 is 0. The van der Waals surface area contributed by atoms with Crippen molar-refractivity contribution in [2.24, 2.45) is 0 Å². The number of halogens is 3. The Kier molecular flexibility index (Phi) is 4.47. The van der Waals surface area contributed by atoms with Crippen molar-refractivity contribution in [1.82, 2.24) is 0 Å². The highest BCUT2D eigenvalue weighted by molar-refractivity contribution is 5.85. The Hall–Kier alpha value is -1.98. The monoisotopic (exact) mass is 287 g/mol. The van der Waals surface area contributed by atoms with Crippen molar-refractivity contribution >= 4 is 17.9 Å². The number of nitrogens with one attached hydrogen (secondary N) is 1. The second-order valence-corrected chi connectivity index (χ2v) is 5.17. The third-order valence-corrected chi connectivity index (χ3v) is 2.16. The van der Waals surface area contributed by atoms with Gasteiger partial charge in [0.25, 0.3) is 0 Å². The predicted molar refractivity (Wildman–Crippen MR) is 71.4 cm³/mol. The molecule has 3 nitrogen and oxygen atoms in total. The molecule has 0 spiro atoms. The van der Waals surface area contributed by atoms with E-state index >= 15 is 0 Å². The Morgan fingerprint density at radius 2 is 1.85 bits per heavy atom. The number of amides is 1. The summed E-state index contributed by atoms with van der Waals surface area (Å²) in [6, 6.07) is 3.18. The standard InChI is InChI=1S/C14H16F3NO2/c1-5-9-6-10(14(15,16)17)8-11(7-9)18-12(19)20-13(2,3)4/h5-8H,1H2,2-4H3,(H,18,19). The summed E-state index contributed by atoms with van der Waals surface area (Å²) in [5.41, 5.74) is -1.33. The van der Waals surface area contributed by atoms with E-state index in [0.29, 0.717) is 0 Å². The van der Waals surface area contributed by atoms with Crippen LogP contribution in [0.5, 0.6) is 0 Å². The largest absolute Gasteiger partial charge is 0.444 e. The van der Waals surface area contributed by atoms with E-state index in [4.69, 9.17) is 4.74 Å². The lowest BCUT2D eigenvalue weighted by molar-refractivity contribution is -0.137. The zero-order valence-electron chi connectivity index (χ0n) is 11.5. The van der Waals surface area contributed by atoms with Crippen molar-refractivity contribution in [2.45, 2.75) is 32.5 Å². The van der Waals surface area contributed by atoms with Gasteiger partial charge in [-0.3, -0.25) is 5.32 Å². The fourth-order valence-corrected chi connectivity index (χ4v) is 1.43. The van der Waals surface area contributed by atoms with Gasteiger partial charge >= 0.3 is 12.3 Å². The number of carbonyl (C=O) groups excluding carboxylic acids is 1. The number of anilines is 1. The molecular formula is C14H16F3NO2. The molecule has 0 aliphatic carbocycles. The maximum Gasteiger partial charge on any atom is 0.416 e. The van der Waals surface area contributed by atoms with Crippen molar-refractivity contribution < 1.29 is 22.7 Å². The number of benzene rings is 1. The van der Waals surface area contributed by atoms with Crippen LogP contribution in [-0.4, -0.2) is 11.7 Å². The van der Waals surface area contributed by atoms with Crippen LogP contribution in [0.1, 0.15) is 31.9 Å². The SMILES string of the molecule is C=Cc1cc(NC(=O)OC(C)(C)C)cc(C(F)(F)F)c1. The maximum absolute atomic E-state index is 12.7. The Morgan fingerprint density at radius 1 is 1.25 bits per heavy atom. The Morgan fingerprint density at radius 3 is 2.30 bits per heavy atom. The van der Waals surface area contributed by atoms with E-state index in [1.54, 1.807) is 20.8 Å². The van der Waals surface area contributed by atoms with Crippen LogP contribution in [0.25, 0.3) is 6.08 Å². The molecule has 0 aromatic heterocycles. The lowest BCUT2D eigenvalue weighted by Crippen LogP contribution is -2.27. The molecule has 0 aliphatic heterocycles. The van der Waals surface area contributed by atoms with Crippen molar-refractivity contribution in [3.8, 4) is 0 Å². The van der Waals surface area contributed by atoms with Gasteiger partial charge in [-0.1, -0.05) is 12.7 Å². The van der Waals surface area contributed by atoms with Crippen LogP contribution in [-0.2, 0) is 10.9 Å². The third-order valence-electron chi connectivity index (χ3n) is 2.16. The fraction of sp³-hybridized carbons (Fsp3) is 0.357. The average Bonchev–Trinajstić information content (AvgIpc) is 2.24. The summed E-state index contributed by atoms with van der Waals surface area (Å²) in [7, 11) is 0. The molecule has 0 saturated carbocycles. The molecule has 0 aliphatic rings. The van der Waals surface area contributed by atoms with Crippen LogP contribution in [0.4, 0.5) is 23.7 Å². The molecule has 1 aromatic rings. The zero-order chi connectivity index (χ0) is 15.6. The van der Waals surface area contributed by atoms with Gasteiger partial charge in [-0.2, -0.15) is 13.2 Å². The lowest BCUT2D eigenvalue weighted by atomic mass is 10.1. The van der Waals surface area contributed by atoms with Gasteiger partial charge < -0.3 is 4.74 Å². The van der Waals surface area contributed by atoms with Gasteiger partial charge in [0.05, 0.1) is 5.56 Å². The zero-order valence-corrected chi connectivity index (χ0v) is 11.5. The first-order valence-electron chi connectivity index (χ1n) is 5.86. The number of hydrogen-bond acceptors (Lipinski definition) is 2. The number of hydrogen-bond donors (Lipinski definition) is 1. The molecule has 0 bridgehead atoms. The second-order valence-electron chi connectivity index (χ2n) is 5.17. The summed E-state index contributed by atoms with van der Waals surface area (Å²) in [6.45, 7) is 8.40. The minimum Gasteiger partial charge on any atom is -0.444 e. The molecule has 0 radical (unpaired) electrons. The van der Waals surface area contributed by atoms with Crippen LogP contribution < -0.4 is 5.32 Å². The normalized spacial score (nSPS) is 11.9. The number of carbonyl (C=O) groups is 1. The summed E-state index contributed by atoms with van der Waals surface area (Å²) in [5, 5.41) is 2.28. The first-order chi connectivity index (χ1) is 9.01. The minimum atomic E-state index is -4.50. The van der Waals surface area contributed by atoms with E-state index in [9.17, 15) is 18.0 Å². The van der Waals surface area contributed by atoms with Gasteiger partial charge in [-0.25, -0.2) is 4.79 Å². The van der Waals surface area contributed by atoms with Gasteiger partial charge in [0.1, 0.15) is 5.60 Å². The summed E-state index contributed by atoms with van der Waals surface area (Å²) in [5.74, 6) is 0. The molecule has 1 rings (SSSR count). The second kappa shape index (κ2) is 5.56. The van der Waals surface area contributed by atoms with Crippen molar-refractivity contribution in [1.29, 1.82) is 0 Å². The maximum atomic E-state index is 12.7. The first kappa shape index (κ1) is 16.1. The van der Waals surface area contributed by atoms with Gasteiger partial charge in [-0.05, 0) is 44.5 Å².